The van der Waals surface area contributed by atoms with Gasteiger partial charge in [0.25, 0.3) is 11.8 Å². The monoisotopic (exact) mass is 532 g/mol. The second-order valence-electron chi connectivity index (χ2n) is 8.15. The number of anilines is 2. The van der Waals surface area contributed by atoms with Gasteiger partial charge in [0.15, 0.2) is 0 Å². The number of nitrogens with zero attached hydrogens (tertiary/aromatic N) is 3. The predicted octanol–water partition coefficient (Wildman–Crippen LogP) is 3.17. The van der Waals surface area contributed by atoms with Crippen molar-refractivity contribution in [3.8, 4) is 0 Å². The Bertz CT molecular complexity index is 1150. The SMILES string of the molecule is CN(C)CCC(=O)NCCN1C(=O)/C(=C2/C(=O)N(C)c3ccc(Br)cc32)c2ccccc21.Cl. The smallest absolute Gasteiger partial charge is 0.259 e. The first-order valence-corrected chi connectivity index (χ1v) is 11.2. The summed E-state index contributed by atoms with van der Waals surface area (Å²) in [6.45, 7) is 1.33. The molecular weight excluding hydrogens is 508 g/mol. The van der Waals surface area contributed by atoms with Gasteiger partial charge in [0.05, 0.1) is 22.5 Å². The van der Waals surface area contributed by atoms with E-state index in [2.05, 4.69) is 21.2 Å². The fourth-order valence-electron chi connectivity index (χ4n) is 4.10. The van der Waals surface area contributed by atoms with Crippen molar-refractivity contribution in [2.45, 2.75) is 6.42 Å². The first-order chi connectivity index (χ1) is 15.3. The van der Waals surface area contributed by atoms with Crippen LogP contribution in [0.1, 0.15) is 17.5 Å². The molecule has 0 fully saturated rings. The molecule has 4 rings (SSSR count). The summed E-state index contributed by atoms with van der Waals surface area (Å²) in [4.78, 5) is 44.0. The maximum Gasteiger partial charge on any atom is 0.259 e. The van der Waals surface area contributed by atoms with Crippen molar-refractivity contribution in [1.82, 2.24) is 10.2 Å². The molecule has 174 valence electrons. The Morgan fingerprint density at radius 2 is 1.70 bits per heavy atom. The van der Waals surface area contributed by atoms with E-state index in [0.29, 0.717) is 37.2 Å². The van der Waals surface area contributed by atoms with Crippen LogP contribution < -0.4 is 15.1 Å². The van der Waals surface area contributed by atoms with Crippen LogP contribution in [0.4, 0.5) is 11.4 Å². The third-order valence-corrected chi connectivity index (χ3v) is 6.22. The van der Waals surface area contributed by atoms with E-state index in [1.807, 2.05) is 61.5 Å². The van der Waals surface area contributed by atoms with E-state index in [1.165, 1.54) is 0 Å². The molecule has 7 nitrogen and oxygen atoms in total. The molecule has 2 aliphatic heterocycles. The summed E-state index contributed by atoms with van der Waals surface area (Å²) in [6.07, 6.45) is 0.402. The van der Waals surface area contributed by atoms with Gasteiger partial charge in [0, 0.05) is 48.7 Å². The van der Waals surface area contributed by atoms with Crippen molar-refractivity contribution in [3.05, 3.63) is 58.1 Å². The van der Waals surface area contributed by atoms with Crippen molar-refractivity contribution in [2.75, 3.05) is 50.6 Å². The highest BCUT2D eigenvalue weighted by Crippen LogP contribution is 2.46. The minimum Gasteiger partial charge on any atom is -0.354 e. The Morgan fingerprint density at radius 1 is 1.00 bits per heavy atom. The Kier molecular flexibility index (Phi) is 7.62. The quantitative estimate of drug-likeness (QED) is 0.579. The summed E-state index contributed by atoms with van der Waals surface area (Å²) in [6, 6.07) is 13.1. The van der Waals surface area contributed by atoms with Crippen molar-refractivity contribution >= 4 is 68.6 Å². The zero-order valence-electron chi connectivity index (χ0n) is 18.7. The second kappa shape index (κ2) is 10.1. The van der Waals surface area contributed by atoms with Crippen molar-refractivity contribution < 1.29 is 14.4 Å². The Hall–Kier alpha value is -2.68. The van der Waals surface area contributed by atoms with Crippen LogP contribution in [0.15, 0.2) is 46.9 Å². The molecule has 1 N–H and O–H groups in total. The Labute approximate surface area is 208 Å². The number of nitrogens with one attached hydrogen (secondary N) is 1. The fourth-order valence-corrected chi connectivity index (χ4v) is 4.46. The molecule has 0 aromatic heterocycles. The van der Waals surface area contributed by atoms with Gasteiger partial charge < -0.3 is 20.0 Å². The summed E-state index contributed by atoms with van der Waals surface area (Å²) in [5.74, 6) is -0.475. The van der Waals surface area contributed by atoms with Gasteiger partial charge in [-0.2, -0.15) is 0 Å². The lowest BCUT2D eigenvalue weighted by Gasteiger charge is -2.18. The van der Waals surface area contributed by atoms with Gasteiger partial charge in [-0.05, 0) is 38.4 Å². The van der Waals surface area contributed by atoms with E-state index >= 15 is 0 Å². The Morgan fingerprint density at radius 3 is 2.42 bits per heavy atom. The molecule has 0 atom stereocenters. The third-order valence-electron chi connectivity index (χ3n) is 5.72. The number of halogens is 2. The molecule has 2 aliphatic rings. The van der Waals surface area contributed by atoms with Crippen LogP contribution in [0.25, 0.3) is 11.1 Å². The van der Waals surface area contributed by atoms with Crippen molar-refractivity contribution in [2.24, 2.45) is 0 Å². The minimum absolute atomic E-state index is 0. The van der Waals surface area contributed by atoms with E-state index < -0.39 is 0 Å². The maximum atomic E-state index is 13.6. The summed E-state index contributed by atoms with van der Waals surface area (Å²) in [5, 5.41) is 2.88. The molecule has 0 saturated carbocycles. The Balaban J connectivity index is 0.00000306. The summed E-state index contributed by atoms with van der Waals surface area (Å²) in [5.41, 5.74) is 3.83. The van der Waals surface area contributed by atoms with Gasteiger partial charge in [-0.3, -0.25) is 14.4 Å². The molecule has 0 radical (unpaired) electrons. The third kappa shape index (κ3) is 4.69. The molecule has 0 aliphatic carbocycles. The van der Waals surface area contributed by atoms with Crippen LogP contribution in [0.5, 0.6) is 0 Å². The first kappa shape index (κ1) is 25.0. The minimum atomic E-state index is -0.224. The number of hydrogen-bond donors (Lipinski definition) is 1. The largest absolute Gasteiger partial charge is 0.354 e. The average molecular weight is 534 g/mol. The molecule has 0 bridgehead atoms. The van der Waals surface area contributed by atoms with Crippen LogP contribution in [-0.4, -0.2) is 63.4 Å². The van der Waals surface area contributed by atoms with Crippen LogP contribution >= 0.6 is 28.3 Å². The van der Waals surface area contributed by atoms with E-state index in [1.54, 1.807) is 16.8 Å². The topological polar surface area (TPSA) is 73.0 Å². The van der Waals surface area contributed by atoms with E-state index in [0.717, 1.165) is 27.0 Å². The van der Waals surface area contributed by atoms with E-state index in [-0.39, 0.29) is 30.1 Å². The van der Waals surface area contributed by atoms with Gasteiger partial charge in [-0.25, -0.2) is 0 Å². The van der Waals surface area contributed by atoms with Gasteiger partial charge in [-0.1, -0.05) is 34.1 Å². The lowest BCUT2D eigenvalue weighted by atomic mass is 9.96. The molecule has 9 heteroatoms. The van der Waals surface area contributed by atoms with Gasteiger partial charge in [0.2, 0.25) is 5.91 Å². The lowest BCUT2D eigenvalue weighted by Crippen LogP contribution is -2.37. The molecule has 3 amide bonds. The average Bonchev–Trinajstić information content (AvgIpc) is 3.16. The number of likely N-dealkylation sites (N-methyl/N-ethyl adjacent to an activating group) is 1. The number of benzene rings is 2. The molecule has 33 heavy (non-hydrogen) atoms. The first-order valence-electron chi connectivity index (χ1n) is 10.4. The normalized spacial score (nSPS) is 16.8. The molecule has 0 spiro atoms. The molecule has 2 heterocycles. The van der Waals surface area contributed by atoms with Crippen LogP contribution in [0.3, 0.4) is 0 Å². The van der Waals surface area contributed by atoms with Crippen LogP contribution in [0.2, 0.25) is 0 Å². The standard InChI is InChI=1S/C24H25BrN4O3.ClH/c1-27(2)12-10-20(30)26-11-13-29-19-7-5-4-6-16(19)21(24(29)32)22-17-14-15(25)8-9-18(17)28(3)23(22)31;/h4-9,14H,10-13H2,1-3H3,(H,26,30);1H/b22-21+;. The van der Waals surface area contributed by atoms with Crippen molar-refractivity contribution in [3.63, 3.8) is 0 Å². The number of carbonyl (C=O) groups excluding carboxylic acids is 3. The molecular formula is C24H26BrClN4O3. The number of fused-ring (bicyclic) bond motifs is 2. The van der Waals surface area contributed by atoms with Gasteiger partial charge in [-0.15, -0.1) is 12.4 Å². The fraction of sp³-hybridized carbons (Fsp3) is 0.292. The van der Waals surface area contributed by atoms with Gasteiger partial charge >= 0.3 is 0 Å². The highest BCUT2D eigenvalue weighted by molar-refractivity contribution is 9.10. The highest BCUT2D eigenvalue weighted by Gasteiger charge is 2.40. The number of para-hydroxylation sites is 1. The number of rotatable bonds is 6. The molecule has 0 saturated heterocycles. The van der Waals surface area contributed by atoms with E-state index in [4.69, 9.17) is 0 Å². The van der Waals surface area contributed by atoms with Crippen LogP contribution in [-0.2, 0) is 14.4 Å². The highest BCUT2D eigenvalue weighted by atomic mass is 79.9. The van der Waals surface area contributed by atoms with Crippen LogP contribution in [0, 0.1) is 0 Å². The summed E-state index contributed by atoms with van der Waals surface area (Å²) >= 11 is 3.48. The lowest BCUT2D eigenvalue weighted by molar-refractivity contribution is -0.121. The zero-order chi connectivity index (χ0) is 23.0. The van der Waals surface area contributed by atoms with Gasteiger partial charge in [0.1, 0.15) is 0 Å². The van der Waals surface area contributed by atoms with E-state index in [9.17, 15) is 14.4 Å². The number of hydrogen-bond acceptors (Lipinski definition) is 4. The number of carbonyl (C=O) groups is 3. The summed E-state index contributed by atoms with van der Waals surface area (Å²) < 4.78 is 0.841. The molecule has 0 unspecified atom stereocenters. The number of amides is 3. The molecule has 2 aromatic carbocycles. The predicted molar refractivity (Wildman–Crippen MR) is 137 cm³/mol. The summed E-state index contributed by atoms with van der Waals surface area (Å²) in [7, 11) is 5.55. The maximum absolute atomic E-state index is 13.6. The zero-order valence-corrected chi connectivity index (χ0v) is 21.1. The van der Waals surface area contributed by atoms with Crippen molar-refractivity contribution in [1.29, 1.82) is 0 Å². The molecule has 2 aromatic rings. The second-order valence-corrected chi connectivity index (χ2v) is 9.07.